The molecular weight excluding hydrogens is 222 g/mol. The standard InChI is InChI=1S/C11H15N3O3/c1-17-7-6-10(15)13-9-5-3-2-4-8(9)11(12)14-16/h2-5,16H,6-7H2,1H3,(H2,12,14)(H,13,15). The van der Waals surface area contributed by atoms with Gasteiger partial charge < -0.3 is 21.0 Å². The van der Waals surface area contributed by atoms with Crippen LogP contribution in [-0.2, 0) is 9.53 Å². The average Bonchev–Trinajstić information content (AvgIpc) is 2.36. The fraction of sp³-hybridized carbons (Fsp3) is 0.273. The molecule has 6 heteroatoms. The monoisotopic (exact) mass is 237 g/mol. The van der Waals surface area contributed by atoms with Crippen LogP contribution in [0.15, 0.2) is 29.4 Å². The van der Waals surface area contributed by atoms with E-state index < -0.39 is 0 Å². The second-order valence-corrected chi connectivity index (χ2v) is 3.32. The van der Waals surface area contributed by atoms with Gasteiger partial charge in [0, 0.05) is 12.7 Å². The number of carbonyl (C=O) groups excluding carboxylic acids is 1. The number of rotatable bonds is 5. The fourth-order valence-corrected chi connectivity index (χ4v) is 1.28. The molecule has 1 aromatic carbocycles. The number of nitrogens with one attached hydrogen (secondary N) is 1. The van der Waals surface area contributed by atoms with Crippen LogP contribution in [0.4, 0.5) is 5.69 Å². The molecule has 1 rings (SSSR count). The summed E-state index contributed by atoms with van der Waals surface area (Å²) >= 11 is 0. The molecule has 1 amide bonds. The van der Waals surface area contributed by atoms with Gasteiger partial charge in [-0.15, -0.1) is 0 Å². The molecule has 17 heavy (non-hydrogen) atoms. The Kier molecular flexibility index (Phi) is 4.96. The fourth-order valence-electron chi connectivity index (χ4n) is 1.28. The van der Waals surface area contributed by atoms with E-state index in [4.69, 9.17) is 15.7 Å². The van der Waals surface area contributed by atoms with Crippen LogP contribution in [0.1, 0.15) is 12.0 Å². The van der Waals surface area contributed by atoms with Gasteiger partial charge in [-0.05, 0) is 12.1 Å². The highest BCUT2D eigenvalue weighted by molar-refractivity contribution is 6.05. The Hall–Kier alpha value is -2.08. The number of anilines is 1. The molecule has 0 aliphatic heterocycles. The number of amides is 1. The summed E-state index contributed by atoms with van der Waals surface area (Å²) in [6, 6.07) is 6.82. The minimum Gasteiger partial charge on any atom is -0.409 e. The van der Waals surface area contributed by atoms with Crippen molar-refractivity contribution >= 4 is 17.4 Å². The summed E-state index contributed by atoms with van der Waals surface area (Å²) in [6.45, 7) is 0.345. The number of para-hydroxylation sites is 1. The van der Waals surface area contributed by atoms with Crippen molar-refractivity contribution in [1.29, 1.82) is 0 Å². The van der Waals surface area contributed by atoms with Gasteiger partial charge in [-0.25, -0.2) is 0 Å². The van der Waals surface area contributed by atoms with E-state index in [1.807, 2.05) is 0 Å². The van der Waals surface area contributed by atoms with Crippen molar-refractivity contribution in [1.82, 2.24) is 0 Å². The molecule has 0 spiro atoms. The van der Waals surface area contributed by atoms with Crippen LogP contribution < -0.4 is 11.1 Å². The maximum absolute atomic E-state index is 11.5. The molecule has 0 radical (unpaired) electrons. The van der Waals surface area contributed by atoms with Crippen molar-refractivity contribution < 1.29 is 14.7 Å². The van der Waals surface area contributed by atoms with Gasteiger partial charge in [0.15, 0.2) is 5.84 Å². The predicted octanol–water partition coefficient (Wildman–Crippen LogP) is 0.756. The third-order valence-electron chi connectivity index (χ3n) is 2.12. The zero-order chi connectivity index (χ0) is 12.7. The van der Waals surface area contributed by atoms with E-state index in [-0.39, 0.29) is 18.2 Å². The summed E-state index contributed by atoms with van der Waals surface area (Å²) in [6.07, 6.45) is 0.251. The summed E-state index contributed by atoms with van der Waals surface area (Å²) in [7, 11) is 1.53. The third kappa shape index (κ3) is 3.76. The van der Waals surface area contributed by atoms with Crippen LogP contribution >= 0.6 is 0 Å². The number of benzene rings is 1. The van der Waals surface area contributed by atoms with Gasteiger partial charge in [0.1, 0.15) is 0 Å². The van der Waals surface area contributed by atoms with Crippen LogP contribution in [-0.4, -0.2) is 30.7 Å². The van der Waals surface area contributed by atoms with Gasteiger partial charge >= 0.3 is 0 Å². The van der Waals surface area contributed by atoms with Crippen LogP contribution in [0.25, 0.3) is 0 Å². The van der Waals surface area contributed by atoms with E-state index in [1.165, 1.54) is 7.11 Å². The average molecular weight is 237 g/mol. The minimum atomic E-state index is -0.190. The van der Waals surface area contributed by atoms with Crippen molar-refractivity contribution in [3.8, 4) is 0 Å². The number of amidine groups is 1. The summed E-state index contributed by atoms with van der Waals surface area (Å²) in [5.74, 6) is -0.238. The minimum absolute atomic E-state index is 0.0485. The number of nitrogens with two attached hydrogens (primary N) is 1. The lowest BCUT2D eigenvalue weighted by Gasteiger charge is -2.09. The topological polar surface area (TPSA) is 96.9 Å². The first kappa shape index (κ1) is 13.0. The number of ether oxygens (including phenoxy) is 1. The molecule has 0 unspecified atom stereocenters. The molecule has 0 aliphatic carbocycles. The molecule has 0 heterocycles. The Morgan fingerprint density at radius 1 is 1.53 bits per heavy atom. The first-order chi connectivity index (χ1) is 8.19. The lowest BCUT2D eigenvalue weighted by molar-refractivity contribution is -0.117. The lowest BCUT2D eigenvalue weighted by atomic mass is 10.1. The molecule has 0 bridgehead atoms. The van der Waals surface area contributed by atoms with E-state index in [0.717, 1.165) is 0 Å². The highest BCUT2D eigenvalue weighted by Crippen LogP contribution is 2.14. The number of carbonyl (C=O) groups is 1. The Bertz CT molecular complexity index is 418. The SMILES string of the molecule is COCCC(=O)Nc1ccccc1C(N)=NO. The van der Waals surface area contributed by atoms with Gasteiger partial charge in [-0.1, -0.05) is 17.3 Å². The van der Waals surface area contributed by atoms with Crippen molar-refractivity contribution in [2.24, 2.45) is 10.9 Å². The molecule has 0 saturated heterocycles. The molecule has 0 fully saturated rings. The molecule has 0 atom stereocenters. The van der Waals surface area contributed by atoms with Crippen molar-refractivity contribution in [3.63, 3.8) is 0 Å². The second kappa shape index (κ2) is 6.49. The summed E-state index contributed by atoms with van der Waals surface area (Å²) in [4.78, 5) is 11.5. The van der Waals surface area contributed by atoms with Crippen molar-refractivity contribution in [2.45, 2.75) is 6.42 Å². The normalized spacial score (nSPS) is 11.2. The van der Waals surface area contributed by atoms with E-state index in [0.29, 0.717) is 17.9 Å². The molecule has 0 aliphatic rings. The molecule has 0 aromatic heterocycles. The number of hydrogen-bond donors (Lipinski definition) is 3. The van der Waals surface area contributed by atoms with Crippen molar-refractivity contribution in [3.05, 3.63) is 29.8 Å². The van der Waals surface area contributed by atoms with Gasteiger partial charge in [0.2, 0.25) is 5.91 Å². The van der Waals surface area contributed by atoms with Crippen LogP contribution in [0.5, 0.6) is 0 Å². The number of oxime groups is 1. The van der Waals surface area contributed by atoms with Gasteiger partial charge in [-0.3, -0.25) is 4.79 Å². The summed E-state index contributed by atoms with van der Waals surface area (Å²) < 4.78 is 4.80. The molecule has 6 nitrogen and oxygen atoms in total. The number of nitrogens with zero attached hydrogens (tertiary/aromatic N) is 1. The molecule has 4 N–H and O–H groups in total. The summed E-state index contributed by atoms with van der Waals surface area (Å²) in [5.41, 5.74) is 6.47. The molecule has 92 valence electrons. The number of methoxy groups -OCH3 is 1. The maximum atomic E-state index is 11.5. The highest BCUT2D eigenvalue weighted by Gasteiger charge is 2.09. The quantitative estimate of drug-likeness (QED) is 0.305. The van der Waals surface area contributed by atoms with E-state index in [9.17, 15) is 4.79 Å². The molecule has 1 aromatic rings. The predicted molar refractivity (Wildman–Crippen MR) is 64.1 cm³/mol. The van der Waals surface area contributed by atoms with Crippen LogP contribution in [0.2, 0.25) is 0 Å². The second-order valence-electron chi connectivity index (χ2n) is 3.32. The maximum Gasteiger partial charge on any atom is 0.226 e. The Balaban J connectivity index is 2.80. The van der Waals surface area contributed by atoms with Crippen LogP contribution in [0, 0.1) is 0 Å². The van der Waals surface area contributed by atoms with E-state index in [2.05, 4.69) is 10.5 Å². The Morgan fingerprint density at radius 2 is 2.24 bits per heavy atom. The zero-order valence-electron chi connectivity index (χ0n) is 9.51. The largest absolute Gasteiger partial charge is 0.409 e. The molecule has 0 saturated carbocycles. The van der Waals surface area contributed by atoms with E-state index in [1.54, 1.807) is 24.3 Å². The Morgan fingerprint density at radius 3 is 2.88 bits per heavy atom. The zero-order valence-corrected chi connectivity index (χ0v) is 9.51. The number of hydrogen-bond acceptors (Lipinski definition) is 4. The van der Waals surface area contributed by atoms with Crippen molar-refractivity contribution in [2.75, 3.05) is 19.0 Å². The van der Waals surface area contributed by atoms with Crippen LogP contribution in [0.3, 0.4) is 0 Å². The van der Waals surface area contributed by atoms with Gasteiger partial charge in [0.25, 0.3) is 0 Å². The summed E-state index contributed by atoms with van der Waals surface area (Å²) in [5, 5.41) is 14.2. The van der Waals surface area contributed by atoms with E-state index >= 15 is 0 Å². The smallest absolute Gasteiger partial charge is 0.226 e. The first-order valence-electron chi connectivity index (χ1n) is 5.04. The van der Waals surface area contributed by atoms with Gasteiger partial charge in [-0.2, -0.15) is 0 Å². The Labute approximate surface area is 99.1 Å². The highest BCUT2D eigenvalue weighted by atomic mass is 16.5. The third-order valence-corrected chi connectivity index (χ3v) is 2.12. The lowest BCUT2D eigenvalue weighted by Crippen LogP contribution is -2.19. The van der Waals surface area contributed by atoms with Gasteiger partial charge in [0.05, 0.1) is 18.7 Å². The first-order valence-corrected chi connectivity index (χ1v) is 5.04. The molecular formula is C11H15N3O3.